The Hall–Kier alpha value is -1.06. The lowest BCUT2D eigenvalue weighted by Crippen LogP contribution is -2.26. The number of nitrogens with one attached hydrogen (secondary N) is 1. The standard InChI is InChI=1S/C9H16N4/c1-3-4-8-11-12-9-10-5-7(2)6-13(8)9/h7H,3-6H2,1-2H3,(H,10,12). The van der Waals surface area contributed by atoms with Gasteiger partial charge in [0.05, 0.1) is 0 Å². The van der Waals surface area contributed by atoms with Gasteiger partial charge in [-0.25, -0.2) is 0 Å². The fraction of sp³-hybridized carbons (Fsp3) is 0.778. The first-order chi connectivity index (χ1) is 6.31. The molecule has 1 unspecified atom stereocenters. The van der Waals surface area contributed by atoms with Crippen molar-refractivity contribution in [1.29, 1.82) is 0 Å². The first kappa shape index (κ1) is 8.53. The van der Waals surface area contributed by atoms with Gasteiger partial charge >= 0.3 is 0 Å². The van der Waals surface area contributed by atoms with Gasteiger partial charge in [0.1, 0.15) is 5.82 Å². The Bertz CT molecular complexity index is 292. The van der Waals surface area contributed by atoms with Crippen molar-refractivity contribution in [1.82, 2.24) is 14.8 Å². The van der Waals surface area contributed by atoms with Gasteiger partial charge in [-0.15, -0.1) is 10.2 Å². The van der Waals surface area contributed by atoms with Crippen LogP contribution < -0.4 is 5.32 Å². The fourth-order valence-corrected chi connectivity index (χ4v) is 1.71. The molecule has 0 radical (unpaired) electrons. The molecule has 1 atom stereocenters. The van der Waals surface area contributed by atoms with E-state index in [1.54, 1.807) is 0 Å². The molecule has 13 heavy (non-hydrogen) atoms. The Morgan fingerprint density at radius 2 is 2.38 bits per heavy atom. The second-order valence-electron chi connectivity index (χ2n) is 3.79. The molecule has 4 nitrogen and oxygen atoms in total. The molecule has 72 valence electrons. The number of hydrogen-bond acceptors (Lipinski definition) is 3. The summed E-state index contributed by atoms with van der Waals surface area (Å²) in [6.07, 6.45) is 2.16. The molecule has 0 saturated carbocycles. The number of hydrogen-bond donors (Lipinski definition) is 1. The summed E-state index contributed by atoms with van der Waals surface area (Å²) in [5, 5.41) is 11.6. The van der Waals surface area contributed by atoms with E-state index in [2.05, 4.69) is 33.9 Å². The van der Waals surface area contributed by atoms with E-state index in [4.69, 9.17) is 0 Å². The molecule has 0 amide bonds. The van der Waals surface area contributed by atoms with Crippen LogP contribution in [-0.4, -0.2) is 21.3 Å². The van der Waals surface area contributed by atoms with Crippen molar-refractivity contribution < 1.29 is 0 Å². The average Bonchev–Trinajstić information content (AvgIpc) is 2.49. The number of fused-ring (bicyclic) bond motifs is 1. The maximum atomic E-state index is 4.17. The predicted molar refractivity (Wildman–Crippen MR) is 51.7 cm³/mol. The lowest BCUT2D eigenvalue weighted by Gasteiger charge is -2.22. The van der Waals surface area contributed by atoms with E-state index in [-0.39, 0.29) is 0 Å². The van der Waals surface area contributed by atoms with Crippen LogP contribution in [-0.2, 0) is 13.0 Å². The molecule has 0 saturated heterocycles. The van der Waals surface area contributed by atoms with E-state index in [0.717, 1.165) is 37.7 Å². The highest BCUT2D eigenvalue weighted by atomic mass is 15.4. The van der Waals surface area contributed by atoms with Crippen LogP contribution in [0, 0.1) is 5.92 Å². The van der Waals surface area contributed by atoms with Crippen LogP contribution in [0.5, 0.6) is 0 Å². The lowest BCUT2D eigenvalue weighted by molar-refractivity contribution is 0.464. The van der Waals surface area contributed by atoms with Crippen LogP contribution in [0.1, 0.15) is 26.1 Å². The van der Waals surface area contributed by atoms with E-state index in [0.29, 0.717) is 5.92 Å². The highest BCUT2D eigenvalue weighted by Crippen LogP contribution is 2.17. The van der Waals surface area contributed by atoms with Crippen LogP contribution in [0.15, 0.2) is 0 Å². The van der Waals surface area contributed by atoms with Crippen LogP contribution in [0.4, 0.5) is 5.95 Å². The van der Waals surface area contributed by atoms with Crippen molar-refractivity contribution in [2.75, 3.05) is 11.9 Å². The Labute approximate surface area is 78.4 Å². The zero-order valence-corrected chi connectivity index (χ0v) is 8.25. The average molecular weight is 180 g/mol. The Morgan fingerprint density at radius 1 is 1.54 bits per heavy atom. The maximum absolute atomic E-state index is 4.17. The van der Waals surface area contributed by atoms with Gasteiger partial charge in [-0.05, 0) is 12.3 Å². The summed E-state index contributed by atoms with van der Waals surface area (Å²) >= 11 is 0. The molecule has 0 spiro atoms. The summed E-state index contributed by atoms with van der Waals surface area (Å²) in [4.78, 5) is 0. The van der Waals surface area contributed by atoms with E-state index in [1.165, 1.54) is 0 Å². The van der Waals surface area contributed by atoms with Gasteiger partial charge in [-0.3, -0.25) is 4.57 Å². The molecule has 0 aliphatic carbocycles. The third-order valence-electron chi connectivity index (χ3n) is 2.40. The van der Waals surface area contributed by atoms with Gasteiger partial charge in [0, 0.05) is 19.5 Å². The highest BCUT2D eigenvalue weighted by molar-refractivity contribution is 5.28. The molecule has 1 aromatic heterocycles. The molecule has 2 rings (SSSR count). The van der Waals surface area contributed by atoms with Gasteiger partial charge < -0.3 is 5.32 Å². The summed E-state index contributed by atoms with van der Waals surface area (Å²) in [5.74, 6) is 2.75. The Morgan fingerprint density at radius 3 is 3.15 bits per heavy atom. The first-order valence-electron chi connectivity index (χ1n) is 4.97. The van der Waals surface area contributed by atoms with Gasteiger partial charge in [0.25, 0.3) is 0 Å². The molecule has 0 aromatic carbocycles. The van der Waals surface area contributed by atoms with Crippen molar-refractivity contribution in [3.05, 3.63) is 5.82 Å². The van der Waals surface area contributed by atoms with Gasteiger partial charge in [0.2, 0.25) is 5.95 Å². The Kier molecular flexibility index (Phi) is 2.20. The second kappa shape index (κ2) is 3.36. The minimum Gasteiger partial charge on any atom is -0.354 e. The lowest BCUT2D eigenvalue weighted by atomic mass is 10.1. The molecule has 2 heterocycles. The van der Waals surface area contributed by atoms with Crippen molar-refractivity contribution in [2.24, 2.45) is 5.92 Å². The third kappa shape index (κ3) is 1.53. The van der Waals surface area contributed by atoms with Crippen molar-refractivity contribution >= 4 is 5.95 Å². The largest absolute Gasteiger partial charge is 0.354 e. The minimum atomic E-state index is 0.680. The van der Waals surface area contributed by atoms with Gasteiger partial charge in [-0.1, -0.05) is 13.8 Å². The monoisotopic (exact) mass is 180 g/mol. The van der Waals surface area contributed by atoms with Crippen molar-refractivity contribution in [3.63, 3.8) is 0 Å². The van der Waals surface area contributed by atoms with E-state index in [9.17, 15) is 0 Å². The molecule has 1 aliphatic heterocycles. The summed E-state index contributed by atoms with van der Waals surface area (Å²) in [6, 6.07) is 0. The maximum Gasteiger partial charge on any atom is 0.224 e. The summed E-state index contributed by atoms with van der Waals surface area (Å²) in [7, 11) is 0. The summed E-state index contributed by atoms with van der Waals surface area (Å²) < 4.78 is 2.21. The first-order valence-corrected chi connectivity index (χ1v) is 4.97. The number of anilines is 1. The van der Waals surface area contributed by atoms with Crippen LogP contribution in [0.25, 0.3) is 0 Å². The second-order valence-corrected chi connectivity index (χ2v) is 3.79. The van der Waals surface area contributed by atoms with Gasteiger partial charge in [0.15, 0.2) is 0 Å². The normalized spacial score (nSPS) is 20.9. The van der Waals surface area contributed by atoms with Crippen molar-refractivity contribution in [2.45, 2.75) is 33.2 Å². The van der Waals surface area contributed by atoms with Gasteiger partial charge in [-0.2, -0.15) is 0 Å². The molecule has 1 aliphatic rings. The minimum absolute atomic E-state index is 0.680. The zero-order chi connectivity index (χ0) is 9.26. The smallest absolute Gasteiger partial charge is 0.224 e. The van der Waals surface area contributed by atoms with Crippen LogP contribution in [0.3, 0.4) is 0 Å². The molecule has 1 N–H and O–H groups in total. The van der Waals surface area contributed by atoms with E-state index < -0.39 is 0 Å². The number of rotatable bonds is 2. The highest BCUT2D eigenvalue weighted by Gasteiger charge is 2.18. The molecule has 1 aromatic rings. The molecular formula is C9H16N4. The molecule has 4 heteroatoms. The SMILES string of the molecule is CCCc1nnc2n1CC(C)CN2. The number of aryl methyl sites for hydroxylation is 1. The topological polar surface area (TPSA) is 42.7 Å². The quantitative estimate of drug-likeness (QED) is 0.745. The fourth-order valence-electron chi connectivity index (χ4n) is 1.71. The number of nitrogens with zero attached hydrogens (tertiary/aromatic N) is 3. The van der Waals surface area contributed by atoms with Crippen LogP contribution >= 0.6 is 0 Å². The van der Waals surface area contributed by atoms with E-state index >= 15 is 0 Å². The number of aromatic nitrogens is 3. The summed E-state index contributed by atoms with van der Waals surface area (Å²) in [6.45, 7) is 6.49. The Balaban J connectivity index is 2.25. The summed E-state index contributed by atoms with van der Waals surface area (Å²) in [5.41, 5.74) is 0. The molecular weight excluding hydrogens is 164 g/mol. The predicted octanol–water partition coefficient (Wildman–Crippen LogP) is 1.29. The van der Waals surface area contributed by atoms with Crippen molar-refractivity contribution in [3.8, 4) is 0 Å². The van der Waals surface area contributed by atoms with Crippen LogP contribution in [0.2, 0.25) is 0 Å². The van der Waals surface area contributed by atoms with E-state index in [1.807, 2.05) is 0 Å². The molecule has 0 fully saturated rings. The molecule has 0 bridgehead atoms. The third-order valence-corrected chi connectivity index (χ3v) is 2.40. The zero-order valence-electron chi connectivity index (χ0n) is 8.25.